The van der Waals surface area contributed by atoms with Gasteiger partial charge in [-0.2, -0.15) is 0 Å². The molecule has 1 atom stereocenters. The van der Waals surface area contributed by atoms with Gasteiger partial charge in [-0.05, 0) is 17.7 Å². The zero-order chi connectivity index (χ0) is 14.5. The van der Waals surface area contributed by atoms with Crippen molar-refractivity contribution < 1.29 is 13.2 Å². The minimum absolute atomic E-state index is 0. The van der Waals surface area contributed by atoms with Crippen molar-refractivity contribution in [3.63, 3.8) is 0 Å². The number of carbonyl (C=O) groups is 1. The fraction of sp³-hybridized carbons (Fsp3) is 0.417. The maximum atomic E-state index is 11.5. The number of anilines is 1. The van der Waals surface area contributed by atoms with E-state index in [1.807, 2.05) is 0 Å². The molecular formula is C12H20ClN3O3S. The molecule has 0 saturated heterocycles. The van der Waals surface area contributed by atoms with E-state index in [2.05, 4.69) is 10.0 Å². The molecule has 0 aliphatic carbocycles. The van der Waals surface area contributed by atoms with Gasteiger partial charge in [0.05, 0.1) is 6.26 Å². The number of carbonyl (C=O) groups excluding carboxylic acids is 1. The third kappa shape index (κ3) is 6.74. The van der Waals surface area contributed by atoms with E-state index in [4.69, 9.17) is 5.73 Å². The highest BCUT2D eigenvalue weighted by Crippen LogP contribution is 2.10. The Hall–Kier alpha value is -1.31. The second kappa shape index (κ2) is 8.08. The highest BCUT2D eigenvalue weighted by molar-refractivity contribution is 7.92. The number of halogens is 1. The SMILES string of the molecule is CC(CN)C(=O)NCc1ccc(NS(C)(=O)=O)cc1.Cl. The van der Waals surface area contributed by atoms with Crippen LogP contribution in [0.3, 0.4) is 0 Å². The standard InChI is InChI=1S/C12H19N3O3S.ClH/c1-9(7-13)12(16)14-8-10-3-5-11(6-4-10)15-19(2,17)18;/h3-6,9,15H,7-8,13H2,1-2H3,(H,14,16);1H. The van der Waals surface area contributed by atoms with Gasteiger partial charge in [-0.1, -0.05) is 19.1 Å². The van der Waals surface area contributed by atoms with Crippen molar-refractivity contribution >= 4 is 34.0 Å². The zero-order valence-electron chi connectivity index (χ0n) is 11.4. The van der Waals surface area contributed by atoms with Crippen LogP contribution in [-0.4, -0.2) is 27.1 Å². The van der Waals surface area contributed by atoms with E-state index in [1.165, 1.54) is 0 Å². The Balaban J connectivity index is 0.00000361. The molecule has 4 N–H and O–H groups in total. The fourth-order valence-corrected chi connectivity index (χ4v) is 1.94. The summed E-state index contributed by atoms with van der Waals surface area (Å²) in [5.74, 6) is -0.313. The Morgan fingerprint density at radius 1 is 1.30 bits per heavy atom. The molecule has 20 heavy (non-hydrogen) atoms. The highest BCUT2D eigenvalue weighted by atomic mass is 35.5. The molecule has 114 valence electrons. The molecule has 8 heteroatoms. The lowest BCUT2D eigenvalue weighted by Gasteiger charge is -2.10. The van der Waals surface area contributed by atoms with E-state index in [0.29, 0.717) is 18.8 Å². The van der Waals surface area contributed by atoms with Crippen LogP contribution in [0.2, 0.25) is 0 Å². The van der Waals surface area contributed by atoms with Gasteiger partial charge in [0.2, 0.25) is 15.9 Å². The van der Waals surface area contributed by atoms with E-state index in [1.54, 1.807) is 31.2 Å². The van der Waals surface area contributed by atoms with Gasteiger partial charge in [0.1, 0.15) is 0 Å². The van der Waals surface area contributed by atoms with E-state index >= 15 is 0 Å². The maximum Gasteiger partial charge on any atom is 0.229 e. The quantitative estimate of drug-likeness (QED) is 0.717. The summed E-state index contributed by atoms with van der Waals surface area (Å²) in [4.78, 5) is 11.5. The molecule has 1 rings (SSSR count). The van der Waals surface area contributed by atoms with Crippen molar-refractivity contribution in [2.75, 3.05) is 17.5 Å². The van der Waals surface area contributed by atoms with Gasteiger partial charge in [0.15, 0.2) is 0 Å². The summed E-state index contributed by atoms with van der Waals surface area (Å²) in [6, 6.07) is 6.80. The van der Waals surface area contributed by atoms with Gasteiger partial charge in [0, 0.05) is 24.7 Å². The van der Waals surface area contributed by atoms with Crippen LogP contribution in [0, 0.1) is 5.92 Å². The van der Waals surface area contributed by atoms with Gasteiger partial charge >= 0.3 is 0 Å². The lowest BCUT2D eigenvalue weighted by Crippen LogP contribution is -2.32. The molecule has 0 aliphatic heterocycles. The number of hydrogen-bond acceptors (Lipinski definition) is 4. The summed E-state index contributed by atoms with van der Waals surface area (Å²) >= 11 is 0. The van der Waals surface area contributed by atoms with Gasteiger partial charge in [-0.15, -0.1) is 12.4 Å². The molecular weight excluding hydrogens is 302 g/mol. The first-order valence-corrected chi connectivity index (χ1v) is 7.75. The summed E-state index contributed by atoms with van der Waals surface area (Å²) < 4.78 is 24.4. The smallest absolute Gasteiger partial charge is 0.229 e. The van der Waals surface area contributed by atoms with Crippen LogP contribution in [-0.2, 0) is 21.4 Å². The first kappa shape index (κ1) is 18.7. The minimum atomic E-state index is -3.26. The van der Waals surface area contributed by atoms with Gasteiger partial charge < -0.3 is 11.1 Å². The number of rotatable bonds is 6. The summed E-state index contributed by atoms with van der Waals surface area (Å²) in [5.41, 5.74) is 6.77. The third-order valence-corrected chi connectivity index (χ3v) is 3.13. The zero-order valence-corrected chi connectivity index (χ0v) is 13.1. The molecule has 1 amide bonds. The number of amides is 1. The van der Waals surface area contributed by atoms with Crippen molar-refractivity contribution in [1.29, 1.82) is 0 Å². The molecule has 0 saturated carbocycles. The lowest BCUT2D eigenvalue weighted by atomic mass is 10.1. The third-order valence-electron chi connectivity index (χ3n) is 2.53. The number of hydrogen-bond donors (Lipinski definition) is 3. The normalized spacial score (nSPS) is 12.2. The molecule has 0 radical (unpaired) electrons. The van der Waals surface area contributed by atoms with Crippen LogP contribution in [0.15, 0.2) is 24.3 Å². The predicted octanol–water partition coefficient (Wildman–Crippen LogP) is 0.691. The first-order valence-electron chi connectivity index (χ1n) is 5.86. The van der Waals surface area contributed by atoms with Crippen molar-refractivity contribution in [1.82, 2.24) is 5.32 Å². The van der Waals surface area contributed by atoms with E-state index in [0.717, 1.165) is 11.8 Å². The Morgan fingerprint density at radius 3 is 2.30 bits per heavy atom. The Morgan fingerprint density at radius 2 is 1.85 bits per heavy atom. The number of nitrogens with one attached hydrogen (secondary N) is 2. The summed E-state index contributed by atoms with van der Waals surface area (Å²) in [7, 11) is -3.26. The van der Waals surface area contributed by atoms with Crippen LogP contribution >= 0.6 is 12.4 Å². The fourth-order valence-electron chi connectivity index (χ4n) is 1.38. The Kier molecular flexibility index (Phi) is 7.55. The molecule has 1 unspecified atom stereocenters. The van der Waals surface area contributed by atoms with Crippen molar-refractivity contribution in [3.8, 4) is 0 Å². The molecule has 0 bridgehead atoms. The van der Waals surface area contributed by atoms with Crippen LogP contribution in [0.4, 0.5) is 5.69 Å². The van der Waals surface area contributed by atoms with Crippen LogP contribution in [0.25, 0.3) is 0 Å². The molecule has 0 aliphatic rings. The lowest BCUT2D eigenvalue weighted by molar-refractivity contribution is -0.124. The summed E-state index contributed by atoms with van der Waals surface area (Å²) in [5, 5.41) is 2.76. The average Bonchev–Trinajstić information content (AvgIpc) is 2.34. The molecule has 6 nitrogen and oxygen atoms in total. The molecule has 0 spiro atoms. The van der Waals surface area contributed by atoms with Crippen LogP contribution < -0.4 is 15.8 Å². The molecule has 0 fully saturated rings. The average molecular weight is 322 g/mol. The van der Waals surface area contributed by atoms with E-state index < -0.39 is 10.0 Å². The van der Waals surface area contributed by atoms with Gasteiger partial charge in [-0.3, -0.25) is 9.52 Å². The van der Waals surface area contributed by atoms with Gasteiger partial charge in [-0.25, -0.2) is 8.42 Å². The highest BCUT2D eigenvalue weighted by Gasteiger charge is 2.09. The summed E-state index contributed by atoms with van der Waals surface area (Å²) in [6.45, 7) is 2.46. The largest absolute Gasteiger partial charge is 0.352 e. The molecule has 0 aromatic heterocycles. The van der Waals surface area contributed by atoms with Crippen molar-refractivity contribution in [2.24, 2.45) is 11.7 Å². The Labute approximate surface area is 125 Å². The Bertz CT molecular complexity index is 531. The van der Waals surface area contributed by atoms with Gasteiger partial charge in [0.25, 0.3) is 0 Å². The first-order chi connectivity index (χ1) is 8.81. The second-order valence-electron chi connectivity index (χ2n) is 4.43. The van der Waals surface area contributed by atoms with E-state index in [-0.39, 0.29) is 24.2 Å². The van der Waals surface area contributed by atoms with Crippen LogP contribution in [0.5, 0.6) is 0 Å². The molecule has 1 aromatic carbocycles. The molecule has 1 aromatic rings. The number of nitrogens with two attached hydrogens (primary N) is 1. The van der Waals surface area contributed by atoms with Crippen molar-refractivity contribution in [2.45, 2.75) is 13.5 Å². The van der Waals surface area contributed by atoms with Crippen LogP contribution in [0.1, 0.15) is 12.5 Å². The number of benzene rings is 1. The van der Waals surface area contributed by atoms with Crippen molar-refractivity contribution in [3.05, 3.63) is 29.8 Å². The van der Waals surface area contributed by atoms with E-state index in [9.17, 15) is 13.2 Å². The maximum absolute atomic E-state index is 11.5. The summed E-state index contributed by atoms with van der Waals surface area (Å²) in [6.07, 6.45) is 1.09. The number of sulfonamides is 1. The second-order valence-corrected chi connectivity index (χ2v) is 6.17. The predicted molar refractivity (Wildman–Crippen MR) is 82.2 cm³/mol. The minimum Gasteiger partial charge on any atom is -0.352 e. The topological polar surface area (TPSA) is 101 Å². The monoisotopic (exact) mass is 321 g/mol. The molecule has 0 heterocycles.